The zero-order valence-electron chi connectivity index (χ0n) is 14.3. The lowest BCUT2D eigenvalue weighted by Gasteiger charge is -2.10. The molecule has 138 valence electrons. The number of hydrogen-bond donors (Lipinski definition) is 2. The number of amides is 2. The highest BCUT2D eigenvalue weighted by Crippen LogP contribution is 2.29. The Hall–Kier alpha value is -2.44. The average Bonchev–Trinajstić information content (AvgIpc) is 2.65. The molecule has 0 atom stereocenters. The van der Waals surface area contributed by atoms with Crippen molar-refractivity contribution in [1.29, 1.82) is 0 Å². The van der Waals surface area contributed by atoms with Crippen molar-refractivity contribution in [3.05, 3.63) is 52.0 Å². The highest BCUT2D eigenvalue weighted by molar-refractivity contribution is 6.45. The first-order valence-corrected chi connectivity index (χ1v) is 8.46. The Morgan fingerprint density at radius 2 is 1.73 bits per heavy atom. The van der Waals surface area contributed by atoms with E-state index in [1.807, 2.05) is 12.1 Å². The fourth-order valence-electron chi connectivity index (χ4n) is 2.22. The van der Waals surface area contributed by atoms with Crippen LogP contribution in [0.25, 0.3) is 0 Å². The van der Waals surface area contributed by atoms with Gasteiger partial charge in [-0.1, -0.05) is 35.3 Å². The van der Waals surface area contributed by atoms with Crippen molar-refractivity contribution in [2.45, 2.75) is 6.42 Å². The molecule has 8 heteroatoms. The second-order valence-corrected chi connectivity index (χ2v) is 6.04. The molecule has 0 saturated heterocycles. The number of halogens is 2. The van der Waals surface area contributed by atoms with Gasteiger partial charge in [0.25, 0.3) is 0 Å². The molecule has 0 radical (unpaired) electrons. The second-order valence-electron chi connectivity index (χ2n) is 5.25. The molecule has 0 aliphatic heterocycles. The van der Waals surface area contributed by atoms with Crippen LogP contribution < -0.4 is 20.1 Å². The zero-order valence-corrected chi connectivity index (χ0v) is 15.8. The summed E-state index contributed by atoms with van der Waals surface area (Å²) in [7, 11) is 3.11. The molecule has 2 rings (SSSR count). The first-order valence-electron chi connectivity index (χ1n) is 7.70. The minimum absolute atomic E-state index is 0.181. The van der Waals surface area contributed by atoms with E-state index < -0.39 is 11.8 Å². The molecule has 0 spiro atoms. The maximum atomic E-state index is 11.9. The molecular weight excluding hydrogens is 379 g/mol. The Morgan fingerprint density at radius 3 is 2.42 bits per heavy atom. The first kappa shape index (κ1) is 19.9. The van der Waals surface area contributed by atoms with Crippen LogP contribution in [-0.4, -0.2) is 32.6 Å². The van der Waals surface area contributed by atoms with Crippen LogP contribution in [0, 0.1) is 0 Å². The van der Waals surface area contributed by atoms with Crippen molar-refractivity contribution in [3.63, 3.8) is 0 Å². The number of hydrogen-bond acceptors (Lipinski definition) is 4. The third-order valence-corrected chi connectivity index (χ3v) is 4.37. The number of methoxy groups -OCH3 is 2. The van der Waals surface area contributed by atoms with Crippen molar-refractivity contribution in [3.8, 4) is 11.5 Å². The zero-order chi connectivity index (χ0) is 19.1. The quantitative estimate of drug-likeness (QED) is 0.734. The molecule has 2 aromatic rings. The van der Waals surface area contributed by atoms with E-state index in [0.29, 0.717) is 22.9 Å². The fourth-order valence-corrected chi connectivity index (χ4v) is 2.56. The average molecular weight is 397 g/mol. The van der Waals surface area contributed by atoms with Gasteiger partial charge in [0.05, 0.1) is 30.0 Å². The van der Waals surface area contributed by atoms with Crippen LogP contribution in [0.2, 0.25) is 10.0 Å². The van der Waals surface area contributed by atoms with Crippen molar-refractivity contribution in [1.82, 2.24) is 5.32 Å². The van der Waals surface area contributed by atoms with E-state index >= 15 is 0 Å². The fraction of sp³-hybridized carbons (Fsp3) is 0.222. The van der Waals surface area contributed by atoms with Crippen LogP contribution in [0.3, 0.4) is 0 Å². The summed E-state index contributed by atoms with van der Waals surface area (Å²) in [5.41, 5.74) is 1.21. The Morgan fingerprint density at radius 1 is 1.00 bits per heavy atom. The lowest BCUT2D eigenvalue weighted by atomic mass is 10.1. The Bertz CT molecular complexity index is 812. The summed E-state index contributed by atoms with van der Waals surface area (Å²) < 4.78 is 10.4. The van der Waals surface area contributed by atoms with Gasteiger partial charge in [0.1, 0.15) is 0 Å². The summed E-state index contributed by atoms with van der Waals surface area (Å²) in [6, 6.07) is 10.2. The summed E-state index contributed by atoms with van der Waals surface area (Å²) in [4.78, 5) is 23.9. The normalized spacial score (nSPS) is 10.2. The van der Waals surface area contributed by atoms with Crippen LogP contribution >= 0.6 is 23.2 Å². The van der Waals surface area contributed by atoms with Gasteiger partial charge in [0, 0.05) is 6.54 Å². The number of carbonyl (C=O) groups is 2. The van der Waals surface area contributed by atoms with Gasteiger partial charge in [0.2, 0.25) is 0 Å². The molecule has 26 heavy (non-hydrogen) atoms. The van der Waals surface area contributed by atoms with Crippen molar-refractivity contribution in [2.24, 2.45) is 0 Å². The summed E-state index contributed by atoms with van der Waals surface area (Å²) in [5.74, 6) is -0.356. The highest BCUT2D eigenvalue weighted by atomic mass is 35.5. The molecule has 0 fully saturated rings. The minimum Gasteiger partial charge on any atom is -0.493 e. The molecule has 0 bridgehead atoms. The Kier molecular flexibility index (Phi) is 7.12. The Balaban J connectivity index is 1.88. The van der Waals surface area contributed by atoms with E-state index in [1.54, 1.807) is 38.5 Å². The lowest BCUT2D eigenvalue weighted by molar-refractivity contribution is -0.136. The number of nitrogens with one attached hydrogen (secondary N) is 2. The summed E-state index contributed by atoms with van der Waals surface area (Å²) >= 11 is 11.9. The monoisotopic (exact) mass is 396 g/mol. The molecule has 2 aromatic carbocycles. The van der Waals surface area contributed by atoms with Crippen LogP contribution in [0.5, 0.6) is 11.5 Å². The number of carbonyl (C=O) groups excluding carboxylic acids is 2. The molecule has 0 heterocycles. The maximum absolute atomic E-state index is 11.9. The van der Waals surface area contributed by atoms with E-state index in [1.165, 1.54) is 0 Å². The molecule has 6 nitrogen and oxygen atoms in total. The van der Waals surface area contributed by atoms with Gasteiger partial charge in [-0.2, -0.15) is 0 Å². The standard InChI is InChI=1S/C18H18Cl2N2O4/c1-25-14-7-6-11(10-15(14)26-2)8-9-21-17(23)18(24)22-13-5-3-4-12(19)16(13)20/h3-7,10H,8-9H2,1-2H3,(H,21,23)(H,22,24). The van der Waals surface area contributed by atoms with E-state index in [2.05, 4.69) is 10.6 Å². The molecule has 2 N–H and O–H groups in total. The molecule has 0 aliphatic rings. The first-order chi connectivity index (χ1) is 12.5. The van der Waals surface area contributed by atoms with Gasteiger partial charge in [-0.05, 0) is 36.2 Å². The van der Waals surface area contributed by atoms with E-state index in [-0.39, 0.29) is 17.3 Å². The van der Waals surface area contributed by atoms with Crippen molar-refractivity contribution >= 4 is 40.7 Å². The van der Waals surface area contributed by atoms with Gasteiger partial charge in [0.15, 0.2) is 11.5 Å². The van der Waals surface area contributed by atoms with Gasteiger partial charge >= 0.3 is 11.8 Å². The van der Waals surface area contributed by atoms with E-state index in [0.717, 1.165) is 5.56 Å². The summed E-state index contributed by atoms with van der Waals surface area (Å²) in [6.45, 7) is 0.283. The molecule has 2 amide bonds. The summed E-state index contributed by atoms with van der Waals surface area (Å²) in [6.07, 6.45) is 0.525. The van der Waals surface area contributed by atoms with Gasteiger partial charge < -0.3 is 20.1 Å². The van der Waals surface area contributed by atoms with Crippen molar-refractivity contribution in [2.75, 3.05) is 26.1 Å². The predicted molar refractivity (Wildman–Crippen MR) is 101 cm³/mol. The van der Waals surface area contributed by atoms with Gasteiger partial charge in [-0.25, -0.2) is 0 Å². The van der Waals surface area contributed by atoms with Gasteiger partial charge in [-0.15, -0.1) is 0 Å². The topological polar surface area (TPSA) is 76.7 Å². The lowest BCUT2D eigenvalue weighted by Crippen LogP contribution is -2.36. The minimum atomic E-state index is -0.818. The number of ether oxygens (including phenoxy) is 2. The molecule has 0 saturated carbocycles. The number of rotatable bonds is 6. The molecule has 0 aromatic heterocycles. The summed E-state index contributed by atoms with van der Waals surface area (Å²) in [5, 5.41) is 5.45. The Labute approximate surface area is 161 Å². The number of benzene rings is 2. The van der Waals surface area contributed by atoms with Gasteiger partial charge in [-0.3, -0.25) is 9.59 Å². The van der Waals surface area contributed by atoms with Crippen molar-refractivity contribution < 1.29 is 19.1 Å². The molecule has 0 aliphatic carbocycles. The molecular formula is C18H18Cl2N2O4. The second kappa shape index (κ2) is 9.31. The SMILES string of the molecule is COc1ccc(CCNC(=O)C(=O)Nc2cccc(Cl)c2Cl)cc1OC. The third kappa shape index (κ3) is 5.03. The maximum Gasteiger partial charge on any atom is 0.313 e. The number of anilines is 1. The van der Waals surface area contributed by atoms with E-state index in [4.69, 9.17) is 32.7 Å². The van der Waals surface area contributed by atoms with Crippen LogP contribution in [0.1, 0.15) is 5.56 Å². The van der Waals surface area contributed by atoms with E-state index in [9.17, 15) is 9.59 Å². The predicted octanol–water partition coefficient (Wildman–Crippen LogP) is 3.31. The van der Waals surface area contributed by atoms with Crippen LogP contribution in [0.15, 0.2) is 36.4 Å². The van der Waals surface area contributed by atoms with Crippen LogP contribution in [0.4, 0.5) is 5.69 Å². The molecule has 0 unspecified atom stereocenters. The smallest absolute Gasteiger partial charge is 0.313 e. The highest BCUT2D eigenvalue weighted by Gasteiger charge is 2.15. The largest absolute Gasteiger partial charge is 0.493 e. The third-order valence-electron chi connectivity index (χ3n) is 3.55. The van der Waals surface area contributed by atoms with Crippen LogP contribution in [-0.2, 0) is 16.0 Å².